The van der Waals surface area contributed by atoms with Crippen molar-refractivity contribution < 1.29 is 19.7 Å². The van der Waals surface area contributed by atoms with Crippen LogP contribution in [0.1, 0.15) is 16.6 Å². The van der Waals surface area contributed by atoms with Gasteiger partial charge >= 0.3 is 5.69 Å². The minimum absolute atomic E-state index is 0.0550. The lowest BCUT2D eigenvalue weighted by atomic mass is 10.1. The minimum atomic E-state index is -1.39. The highest BCUT2D eigenvalue weighted by molar-refractivity contribution is 5.94. The molecule has 9 nitrogen and oxygen atoms in total. The number of rotatable bonds is 4. The molecule has 9 heteroatoms. The molecule has 1 aliphatic rings. The van der Waals surface area contributed by atoms with Crippen molar-refractivity contribution in [2.45, 2.75) is 24.5 Å². The standard InChI is InChI=1S/C16H17N3O6/c20-11-6-7-19(16(24)18-11)15-13(22)12(21)10(25-15)8-17-14(23)9-4-2-1-3-5-9/h1-7,10,12-13,15,21-22H,8H2,(H,17,23)(H,18,20,24)/t10-,12-,13+,15-/m1/s1. The number of aliphatic hydroxyl groups excluding tert-OH is 2. The van der Waals surface area contributed by atoms with Gasteiger partial charge in [0.15, 0.2) is 6.23 Å². The normalized spacial score (nSPS) is 25.7. The number of benzene rings is 1. The molecule has 132 valence electrons. The molecule has 2 aromatic rings. The summed E-state index contributed by atoms with van der Waals surface area (Å²) in [5, 5.41) is 22.8. The molecule has 1 aliphatic heterocycles. The molecule has 0 bridgehead atoms. The van der Waals surface area contributed by atoms with Gasteiger partial charge in [-0.2, -0.15) is 0 Å². The molecule has 4 N–H and O–H groups in total. The maximum atomic E-state index is 12.0. The highest BCUT2D eigenvalue weighted by atomic mass is 16.6. The van der Waals surface area contributed by atoms with Crippen molar-refractivity contribution >= 4 is 5.91 Å². The lowest BCUT2D eigenvalue weighted by molar-refractivity contribution is -0.0387. The summed E-state index contributed by atoms with van der Waals surface area (Å²) >= 11 is 0. The zero-order valence-electron chi connectivity index (χ0n) is 13.0. The van der Waals surface area contributed by atoms with Gasteiger partial charge in [-0.1, -0.05) is 18.2 Å². The van der Waals surface area contributed by atoms with Gasteiger partial charge in [0.1, 0.15) is 18.3 Å². The fourth-order valence-electron chi connectivity index (χ4n) is 2.64. The van der Waals surface area contributed by atoms with Gasteiger partial charge in [0.2, 0.25) is 0 Å². The molecular weight excluding hydrogens is 330 g/mol. The summed E-state index contributed by atoms with van der Waals surface area (Å²) in [6, 6.07) is 9.60. The molecule has 25 heavy (non-hydrogen) atoms. The van der Waals surface area contributed by atoms with Crippen LogP contribution in [-0.4, -0.2) is 50.5 Å². The molecule has 1 saturated heterocycles. The van der Waals surface area contributed by atoms with E-state index in [0.29, 0.717) is 5.56 Å². The fraction of sp³-hybridized carbons (Fsp3) is 0.312. The number of hydrogen-bond donors (Lipinski definition) is 4. The van der Waals surface area contributed by atoms with E-state index in [1.807, 2.05) is 4.98 Å². The number of aromatic amines is 1. The first-order valence-corrected chi connectivity index (χ1v) is 7.63. The largest absolute Gasteiger partial charge is 0.387 e. The summed E-state index contributed by atoms with van der Waals surface area (Å²) in [5.74, 6) is -0.351. The molecule has 1 aromatic carbocycles. The van der Waals surface area contributed by atoms with Crippen LogP contribution >= 0.6 is 0 Å². The Kier molecular flexibility index (Phi) is 4.79. The third-order valence-electron chi connectivity index (χ3n) is 3.96. The molecule has 4 atom stereocenters. The van der Waals surface area contributed by atoms with Crippen LogP contribution in [0.2, 0.25) is 0 Å². The van der Waals surface area contributed by atoms with Gasteiger partial charge in [-0.3, -0.25) is 19.1 Å². The van der Waals surface area contributed by atoms with E-state index in [1.165, 1.54) is 6.20 Å². The van der Waals surface area contributed by atoms with E-state index in [4.69, 9.17) is 4.74 Å². The number of nitrogens with zero attached hydrogens (tertiary/aromatic N) is 1. The third-order valence-corrected chi connectivity index (χ3v) is 3.96. The number of carbonyl (C=O) groups is 1. The Morgan fingerprint density at radius 2 is 1.88 bits per heavy atom. The predicted octanol–water partition coefficient (Wildman–Crippen LogP) is -1.41. The molecule has 2 heterocycles. The van der Waals surface area contributed by atoms with Crippen molar-refractivity contribution in [2.24, 2.45) is 0 Å². The van der Waals surface area contributed by atoms with Crippen LogP contribution in [0.25, 0.3) is 0 Å². The lowest BCUT2D eigenvalue weighted by Gasteiger charge is -2.16. The zero-order chi connectivity index (χ0) is 18.0. The van der Waals surface area contributed by atoms with E-state index in [-0.39, 0.29) is 12.5 Å². The average Bonchev–Trinajstić information content (AvgIpc) is 2.89. The molecule has 0 unspecified atom stereocenters. The molecular formula is C16H17N3O6. The summed E-state index contributed by atoms with van der Waals surface area (Å²) < 4.78 is 6.49. The number of amides is 1. The fourth-order valence-corrected chi connectivity index (χ4v) is 2.64. The Bertz CT molecular complexity index is 862. The summed E-state index contributed by atoms with van der Waals surface area (Å²) in [5.41, 5.74) is -0.900. The second-order valence-corrected chi connectivity index (χ2v) is 5.64. The van der Waals surface area contributed by atoms with E-state index in [0.717, 1.165) is 10.6 Å². The molecule has 1 fully saturated rings. The topological polar surface area (TPSA) is 134 Å². The Hall–Kier alpha value is -2.75. The molecule has 0 aliphatic carbocycles. The highest BCUT2D eigenvalue weighted by Gasteiger charge is 2.44. The van der Waals surface area contributed by atoms with Crippen molar-refractivity contribution in [3.05, 3.63) is 69.0 Å². The van der Waals surface area contributed by atoms with E-state index >= 15 is 0 Å². The van der Waals surface area contributed by atoms with Crippen LogP contribution < -0.4 is 16.6 Å². The van der Waals surface area contributed by atoms with Gasteiger partial charge in [0, 0.05) is 24.4 Å². The zero-order valence-corrected chi connectivity index (χ0v) is 13.0. The summed E-state index contributed by atoms with van der Waals surface area (Å²) in [4.78, 5) is 37.0. The van der Waals surface area contributed by atoms with E-state index in [1.54, 1.807) is 30.3 Å². The molecule has 0 saturated carbocycles. The van der Waals surface area contributed by atoms with Gasteiger partial charge in [0.25, 0.3) is 11.5 Å². The Morgan fingerprint density at radius 3 is 2.56 bits per heavy atom. The van der Waals surface area contributed by atoms with Crippen molar-refractivity contribution in [2.75, 3.05) is 6.54 Å². The molecule has 0 radical (unpaired) electrons. The average molecular weight is 347 g/mol. The van der Waals surface area contributed by atoms with Gasteiger partial charge in [-0.25, -0.2) is 4.79 Å². The summed E-state index contributed by atoms with van der Waals surface area (Å²) in [6.45, 7) is -0.0550. The smallest absolute Gasteiger partial charge is 0.330 e. The first kappa shape index (κ1) is 17.1. The monoisotopic (exact) mass is 347 g/mol. The third kappa shape index (κ3) is 3.53. The number of aliphatic hydroxyl groups is 2. The van der Waals surface area contributed by atoms with Crippen molar-refractivity contribution in [1.82, 2.24) is 14.9 Å². The Balaban J connectivity index is 1.69. The van der Waals surface area contributed by atoms with Crippen molar-refractivity contribution in [3.63, 3.8) is 0 Å². The van der Waals surface area contributed by atoms with Gasteiger partial charge in [0.05, 0.1) is 0 Å². The lowest BCUT2D eigenvalue weighted by Crippen LogP contribution is -2.40. The minimum Gasteiger partial charge on any atom is -0.387 e. The van der Waals surface area contributed by atoms with E-state index in [2.05, 4.69) is 5.32 Å². The van der Waals surface area contributed by atoms with Crippen LogP contribution in [-0.2, 0) is 4.74 Å². The first-order chi connectivity index (χ1) is 12.0. The first-order valence-electron chi connectivity index (χ1n) is 7.63. The molecule has 0 spiro atoms. The van der Waals surface area contributed by atoms with Gasteiger partial charge in [-0.05, 0) is 12.1 Å². The number of H-pyrrole nitrogens is 1. The number of carbonyl (C=O) groups excluding carboxylic acids is 1. The SMILES string of the molecule is O=C(NC[C@H]1O[C@@H](n2ccc(=O)[nH]c2=O)[C@@H](O)[C@@H]1O)c1ccccc1. The molecule has 1 aromatic heterocycles. The van der Waals surface area contributed by atoms with Crippen LogP contribution in [0.5, 0.6) is 0 Å². The number of nitrogens with one attached hydrogen (secondary N) is 2. The van der Waals surface area contributed by atoms with Crippen LogP contribution in [0.3, 0.4) is 0 Å². The summed E-state index contributed by atoms with van der Waals surface area (Å²) in [7, 11) is 0. The Labute approximate surface area is 141 Å². The molecule has 1 amide bonds. The van der Waals surface area contributed by atoms with Gasteiger partial charge < -0.3 is 20.3 Å². The maximum Gasteiger partial charge on any atom is 0.330 e. The quantitative estimate of drug-likeness (QED) is 0.537. The second kappa shape index (κ2) is 7.01. The van der Waals surface area contributed by atoms with Gasteiger partial charge in [-0.15, -0.1) is 0 Å². The Morgan fingerprint density at radius 1 is 1.16 bits per heavy atom. The van der Waals surface area contributed by atoms with Crippen LogP contribution in [0.4, 0.5) is 0 Å². The van der Waals surface area contributed by atoms with E-state index in [9.17, 15) is 24.6 Å². The van der Waals surface area contributed by atoms with Crippen LogP contribution in [0, 0.1) is 0 Å². The number of ether oxygens (including phenoxy) is 1. The summed E-state index contributed by atoms with van der Waals surface area (Å²) in [6.07, 6.45) is -3.60. The number of hydrogen-bond acceptors (Lipinski definition) is 6. The predicted molar refractivity (Wildman–Crippen MR) is 86.0 cm³/mol. The molecule has 3 rings (SSSR count). The highest BCUT2D eigenvalue weighted by Crippen LogP contribution is 2.27. The second-order valence-electron chi connectivity index (χ2n) is 5.64. The van der Waals surface area contributed by atoms with Crippen molar-refractivity contribution in [3.8, 4) is 0 Å². The van der Waals surface area contributed by atoms with E-state index < -0.39 is 35.8 Å². The van der Waals surface area contributed by atoms with Crippen LogP contribution in [0.15, 0.2) is 52.2 Å². The number of aromatic nitrogens is 2. The van der Waals surface area contributed by atoms with Crippen molar-refractivity contribution in [1.29, 1.82) is 0 Å². The maximum absolute atomic E-state index is 12.0.